The van der Waals surface area contributed by atoms with E-state index in [0.717, 1.165) is 12.1 Å². The Morgan fingerprint density at radius 2 is 1.82 bits per heavy atom. The first-order valence-electron chi connectivity index (χ1n) is 5.34. The SMILES string of the molecule is CC(C)[C@@H](N)[C@@H](O)c1cccc(C(F)(F)F)c1. The highest BCUT2D eigenvalue weighted by Crippen LogP contribution is 2.31. The number of aliphatic hydroxyl groups is 1. The Morgan fingerprint density at radius 3 is 2.29 bits per heavy atom. The van der Waals surface area contributed by atoms with Crippen LogP contribution in [0.25, 0.3) is 0 Å². The minimum atomic E-state index is -4.41. The van der Waals surface area contributed by atoms with E-state index in [0.29, 0.717) is 0 Å². The highest BCUT2D eigenvalue weighted by Gasteiger charge is 2.31. The zero-order valence-electron chi connectivity index (χ0n) is 9.70. The number of hydrogen-bond donors (Lipinski definition) is 2. The van der Waals surface area contributed by atoms with Gasteiger partial charge in [0.05, 0.1) is 11.7 Å². The van der Waals surface area contributed by atoms with E-state index in [1.165, 1.54) is 12.1 Å². The highest BCUT2D eigenvalue weighted by molar-refractivity contribution is 5.28. The van der Waals surface area contributed by atoms with E-state index in [1.807, 2.05) is 13.8 Å². The predicted octanol–water partition coefficient (Wildman–Crippen LogP) is 2.72. The summed E-state index contributed by atoms with van der Waals surface area (Å²) in [5.41, 5.74) is 5.14. The van der Waals surface area contributed by atoms with Crippen molar-refractivity contribution in [1.29, 1.82) is 0 Å². The van der Waals surface area contributed by atoms with Crippen LogP contribution in [0.1, 0.15) is 31.1 Å². The van der Waals surface area contributed by atoms with Gasteiger partial charge in [-0.3, -0.25) is 0 Å². The van der Waals surface area contributed by atoms with E-state index >= 15 is 0 Å². The van der Waals surface area contributed by atoms with Crippen LogP contribution in [0.4, 0.5) is 13.2 Å². The lowest BCUT2D eigenvalue weighted by Crippen LogP contribution is -2.33. The summed E-state index contributed by atoms with van der Waals surface area (Å²) in [6.45, 7) is 3.61. The number of hydrogen-bond acceptors (Lipinski definition) is 2. The quantitative estimate of drug-likeness (QED) is 0.862. The smallest absolute Gasteiger partial charge is 0.387 e. The molecule has 0 aromatic heterocycles. The molecule has 0 heterocycles. The summed E-state index contributed by atoms with van der Waals surface area (Å²) < 4.78 is 37.4. The standard InChI is InChI=1S/C12H16F3NO/c1-7(2)10(16)11(17)8-4-3-5-9(6-8)12(13,14)15/h3-7,10-11,17H,16H2,1-2H3/t10-,11+/m1/s1. The topological polar surface area (TPSA) is 46.2 Å². The number of aliphatic hydroxyl groups excluding tert-OH is 1. The van der Waals surface area contributed by atoms with Crippen molar-refractivity contribution in [3.8, 4) is 0 Å². The van der Waals surface area contributed by atoms with Crippen LogP contribution in [-0.4, -0.2) is 11.1 Å². The average molecular weight is 247 g/mol. The van der Waals surface area contributed by atoms with Crippen LogP contribution < -0.4 is 5.73 Å². The lowest BCUT2D eigenvalue weighted by molar-refractivity contribution is -0.137. The minimum Gasteiger partial charge on any atom is -0.387 e. The van der Waals surface area contributed by atoms with Gasteiger partial charge in [-0.25, -0.2) is 0 Å². The summed E-state index contributed by atoms with van der Waals surface area (Å²) in [6.07, 6.45) is -5.49. The molecule has 5 heteroatoms. The summed E-state index contributed by atoms with van der Waals surface area (Å²) in [7, 11) is 0. The molecule has 0 saturated heterocycles. The normalized spacial score (nSPS) is 16.0. The van der Waals surface area contributed by atoms with Crippen LogP contribution in [-0.2, 0) is 6.18 Å². The molecule has 0 aliphatic heterocycles. The van der Waals surface area contributed by atoms with Gasteiger partial charge < -0.3 is 10.8 Å². The van der Waals surface area contributed by atoms with Gasteiger partial charge in [0.15, 0.2) is 0 Å². The first-order chi connectivity index (χ1) is 7.73. The van der Waals surface area contributed by atoms with Crippen molar-refractivity contribution >= 4 is 0 Å². The maximum Gasteiger partial charge on any atom is 0.416 e. The van der Waals surface area contributed by atoms with E-state index in [9.17, 15) is 18.3 Å². The predicted molar refractivity (Wildman–Crippen MR) is 59.2 cm³/mol. The Labute approximate surface area is 98.3 Å². The number of benzene rings is 1. The van der Waals surface area contributed by atoms with Gasteiger partial charge in [0, 0.05) is 6.04 Å². The summed E-state index contributed by atoms with van der Waals surface area (Å²) >= 11 is 0. The number of halogens is 3. The van der Waals surface area contributed by atoms with Gasteiger partial charge in [-0.2, -0.15) is 13.2 Å². The maximum atomic E-state index is 12.5. The molecular weight excluding hydrogens is 231 g/mol. The molecule has 2 nitrogen and oxygen atoms in total. The van der Waals surface area contributed by atoms with Crippen molar-refractivity contribution in [3.63, 3.8) is 0 Å². The molecule has 0 amide bonds. The van der Waals surface area contributed by atoms with Gasteiger partial charge in [-0.1, -0.05) is 26.0 Å². The Balaban J connectivity index is 3.00. The fraction of sp³-hybridized carbons (Fsp3) is 0.500. The van der Waals surface area contributed by atoms with Crippen LogP contribution in [0.15, 0.2) is 24.3 Å². The van der Waals surface area contributed by atoms with Crippen LogP contribution >= 0.6 is 0 Å². The Morgan fingerprint density at radius 1 is 1.24 bits per heavy atom. The average Bonchev–Trinajstić information content (AvgIpc) is 2.26. The highest BCUT2D eigenvalue weighted by atomic mass is 19.4. The summed E-state index contributed by atoms with van der Waals surface area (Å²) in [6, 6.07) is 4.04. The van der Waals surface area contributed by atoms with Crippen LogP contribution in [0.3, 0.4) is 0 Å². The molecule has 0 aliphatic rings. The fourth-order valence-electron chi connectivity index (χ4n) is 1.49. The molecule has 0 radical (unpaired) electrons. The van der Waals surface area contributed by atoms with Gasteiger partial charge in [-0.05, 0) is 23.6 Å². The van der Waals surface area contributed by atoms with Crippen molar-refractivity contribution in [2.45, 2.75) is 32.2 Å². The molecule has 0 saturated carbocycles. The van der Waals surface area contributed by atoms with Crippen LogP contribution in [0.5, 0.6) is 0 Å². The van der Waals surface area contributed by atoms with E-state index in [-0.39, 0.29) is 11.5 Å². The molecule has 2 atom stereocenters. The first kappa shape index (κ1) is 14.0. The number of nitrogens with two attached hydrogens (primary N) is 1. The second kappa shape index (κ2) is 5.06. The molecule has 0 bridgehead atoms. The fourth-order valence-corrected chi connectivity index (χ4v) is 1.49. The zero-order chi connectivity index (χ0) is 13.2. The molecule has 1 aromatic rings. The van der Waals surface area contributed by atoms with Crippen LogP contribution in [0.2, 0.25) is 0 Å². The molecule has 0 aliphatic carbocycles. The summed E-state index contributed by atoms with van der Waals surface area (Å²) in [4.78, 5) is 0. The first-order valence-corrected chi connectivity index (χ1v) is 5.34. The minimum absolute atomic E-state index is 0.0143. The molecule has 3 N–H and O–H groups in total. The molecular formula is C12H16F3NO. The second-order valence-corrected chi connectivity index (χ2v) is 4.39. The molecule has 96 valence electrons. The van der Waals surface area contributed by atoms with E-state index in [2.05, 4.69) is 0 Å². The molecule has 1 aromatic carbocycles. The third-order valence-corrected chi connectivity index (χ3v) is 2.69. The third kappa shape index (κ3) is 3.44. The molecule has 17 heavy (non-hydrogen) atoms. The van der Waals surface area contributed by atoms with E-state index in [1.54, 1.807) is 0 Å². The van der Waals surface area contributed by atoms with Gasteiger partial charge >= 0.3 is 6.18 Å². The van der Waals surface area contributed by atoms with Crippen molar-refractivity contribution in [3.05, 3.63) is 35.4 Å². The van der Waals surface area contributed by atoms with Gasteiger partial charge in [0.25, 0.3) is 0 Å². The molecule has 1 rings (SSSR count). The molecule has 0 fully saturated rings. The number of rotatable bonds is 3. The second-order valence-electron chi connectivity index (χ2n) is 4.39. The Kier molecular flexibility index (Phi) is 4.16. The summed E-state index contributed by atoms with van der Waals surface area (Å²) in [5, 5.41) is 9.86. The number of alkyl halides is 3. The Hall–Kier alpha value is -1.07. The van der Waals surface area contributed by atoms with Gasteiger partial charge in [0.2, 0.25) is 0 Å². The van der Waals surface area contributed by atoms with Crippen molar-refractivity contribution in [2.24, 2.45) is 11.7 Å². The van der Waals surface area contributed by atoms with E-state index < -0.39 is 23.9 Å². The monoisotopic (exact) mass is 247 g/mol. The maximum absolute atomic E-state index is 12.5. The lowest BCUT2D eigenvalue weighted by Gasteiger charge is -2.23. The van der Waals surface area contributed by atoms with Crippen molar-refractivity contribution in [1.82, 2.24) is 0 Å². The third-order valence-electron chi connectivity index (χ3n) is 2.69. The van der Waals surface area contributed by atoms with Gasteiger partial charge in [0.1, 0.15) is 0 Å². The molecule has 0 spiro atoms. The van der Waals surface area contributed by atoms with E-state index in [4.69, 9.17) is 5.73 Å². The van der Waals surface area contributed by atoms with Gasteiger partial charge in [-0.15, -0.1) is 0 Å². The molecule has 0 unspecified atom stereocenters. The van der Waals surface area contributed by atoms with Crippen molar-refractivity contribution in [2.75, 3.05) is 0 Å². The Bertz CT molecular complexity index is 376. The zero-order valence-corrected chi connectivity index (χ0v) is 9.70. The van der Waals surface area contributed by atoms with Crippen LogP contribution in [0, 0.1) is 5.92 Å². The largest absolute Gasteiger partial charge is 0.416 e. The lowest BCUT2D eigenvalue weighted by atomic mass is 9.93. The van der Waals surface area contributed by atoms with Crippen molar-refractivity contribution < 1.29 is 18.3 Å². The summed E-state index contributed by atoms with van der Waals surface area (Å²) in [5.74, 6) is -0.0143.